The summed E-state index contributed by atoms with van der Waals surface area (Å²) in [5, 5.41) is 20.7. The molecule has 1 aromatic carbocycles. The number of nitrogens with one attached hydrogen (secondary N) is 1. The number of rotatable bonds is 5. The Morgan fingerprint density at radius 3 is 2.44 bits per heavy atom. The predicted octanol–water partition coefficient (Wildman–Crippen LogP) is 2.09. The van der Waals surface area contributed by atoms with Crippen molar-refractivity contribution in [1.29, 1.82) is 0 Å². The third-order valence-corrected chi connectivity index (χ3v) is 2.58. The van der Waals surface area contributed by atoms with Crippen molar-refractivity contribution in [2.45, 2.75) is 20.0 Å². The number of hydrogen-bond acceptors (Lipinski definition) is 3. The van der Waals surface area contributed by atoms with E-state index in [0.29, 0.717) is 0 Å². The summed E-state index contributed by atoms with van der Waals surface area (Å²) in [7, 11) is 0. The van der Waals surface area contributed by atoms with E-state index in [0.717, 1.165) is 12.1 Å². The second-order valence-corrected chi connectivity index (χ2v) is 4.29. The van der Waals surface area contributed by atoms with Crippen LogP contribution in [-0.4, -0.2) is 28.8 Å². The van der Waals surface area contributed by atoms with Crippen molar-refractivity contribution < 1.29 is 23.8 Å². The number of carbonyl (C=O) groups is 1. The number of carboxylic acid groups (broad SMARTS) is 1. The zero-order valence-electron chi connectivity index (χ0n) is 10.1. The van der Waals surface area contributed by atoms with Crippen LogP contribution in [0.3, 0.4) is 0 Å². The lowest BCUT2D eigenvalue weighted by atomic mass is 10.1. The third-order valence-electron chi connectivity index (χ3n) is 2.58. The summed E-state index contributed by atoms with van der Waals surface area (Å²) in [6.45, 7) is 3.63. The first-order valence-electron chi connectivity index (χ1n) is 5.47. The van der Waals surface area contributed by atoms with Gasteiger partial charge in [-0.05, 0) is 18.1 Å². The number of aliphatic hydroxyl groups is 1. The molecule has 3 N–H and O–H groups in total. The fraction of sp³-hybridized carbons (Fsp3) is 0.417. The van der Waals surface area contributed by atoms with Gasteiger partial charge in [0, 0.05) is 6.54 Å². The average molecular weight is 259 g/mol. The fourth-order valence-electron chi connectivity index (χ4n) is 1.30. The standard InChI is InChI=1S/C12H15F2NO3/c1-6(2)9(16)5-15-8-4-3-7(12(17)18)10(13)11(8)14/h3-4,6,9,15-16H,5H2,1-2H3,(H,17,18). The molecule has 0 bridgehead atoms. The normalized spacial score (nSPS) is 12.6. The van der Waals surface area contributed by atoms with E-state index in [-0.39, 0.29) is 18.2 Å². The minimum Gasteiger partial charge on any atom is -0.478 e. The first-order valence-corrected chi connectivity index (χ1v) is 5.47. The van der Waals surface area contributed by atoms with Gasteiger partial charge in [0.25, 0.3) is 0 Å². The Bertz CT molecular complexity index is 449. The summed E-state index contributed by atoms with van der Waals surface area (Å²) in [4.78, 5) is 10.6. The molecule has 0 fully saturated rings. The summed E-state index contributed by atoms with van der Waals surface area (Å²) >= 11 is 0. The molecule has 0 aliphatic carbocycles. The van der Waals surface area contributed by atoms with Crippen molar-refractivity contribution in [2.24, 2.45) is 5.92 Å². The van der Waals surface area contributed by atoms with Gasteiger partial charge in [-0.15, -0.1) is 0 Å². The number of aliphatic hydroxyl groups excluding tert-OH is 1. The SMILES string of the molecule is CC(C)C(O)CNc1ccc(C(=O)O)c(F)c1F. The second-order valence-electron chi connectivity index (χ2n) is 4.29. The van der Waals surface area contributed by atoms with E-state index in [1.165, 1.54) is 0 Å². The molecule has 0 saturated heterocycles. The topological polar surface area (TPSA) is 69.6 Å². The van der Waals surface area contributed by atoms with Crippen LogP contribution >= 0.6 is 0 Å². The minimum absolute atomic E-state index is 0.0244. The molecule has 0 radical (unpaired) electrons. The van der Waals surface area contributed by atoms with Crippen molar-refractivity contribution in [1.82, 2.24) is 0 Å². The van der Waals surface area contributed by atoms with Crippen molar-refractivity contribution in [3.8, 4) is 0 Å². The van der Waals surface area contributed by atoms with E-state index >= 15 is 0 Å². The first-order chi connectivity index (χ1) is 8.34. The number of halogens is 2. The molecule has 4 nitrogen and oxygen atoms in total. The number of anilines is 1. The molecule has 0 aromatic heterocycles. The van der Waals surface area contributed by atoms with Crippen LogP contribution in [0, 0.1) is 17.6 Å². The van der Waals surface area contributed by atoms with Crippen LogP contribution < -0.4 is 5.32 Å². The van der Waals surface area contributed by atoms with Crippen LogP contribution in [0.15, 0.2) is 12.1 Å². The number of hydrogen-bond donors (Lipinski definition) is 3. The van der Waals surface area contributed by atoms with E-state index in [1.807, 2.05) is 0 Å². The Morgan fingerprint density at radius 1 is 1.33 bits per heavy atom. The van der Waals surface area contributed by atoms with Crippen LogP contribution in [0.4, 0.5) is 14.5 Å². The molecule has 100 valence electrons. The Morgan fingerprint density at radius 2 is 1.94 bits per heavy atom. The van der Waals surface area contributed by atoms with Gasteiger partial charge in [-0.1, -0.05) is 13.8 Å². The molecule has 1 atom stereocenters. The van der Waals surface area contributed by atoms with E-state index in [4.69, 9.17) is 5.11 Å². The molecular formula is C12H15F2NO3. The van der Waals surface area contributed by atoms with Crippen LogP contribution in [0.1, 0.15) is 24.2 Å². The van der Waals surface area contributed by atoms with Crippen LogP contribution in [0.2, 0.25) is 0 Å². The zero-order valence-corrected chi connectivity index (χ0v) is 10.1. The number of benzene rings is 1. The van der Waals surface area contributed by atoms with Crippen molar-refractivity contribution >= 4 is 11.7 Å². The number of carboxylic acids is 1. The summed E-state index contributed by atoms with van der Waals surface area (Å²) in [6.07, 6.45) is -0.702. The van der Waals surface area contributed by atoms with Gasteiger partial charge < -0.3 is 15.5 Å². The molecule has 6 heteroatoms. The highest BCUT2D eigenvalue weighted by Gasteiger charge is 2.18. The highest BCUT2D eigenvalue weighted by molar-refractivity contribution is 5.88. The van der Waals surface area contributed by atoms with E-state index < -0.39 is 29.3 Å². The second kappa shape index (κ2) is 5.77. The molecule has 1 aromatic rings. The summed E-state index contributed by atoms with van der Waals surface area (Å²) in [5.41, 5.74) is -0.889. The lowest BCUT2D eigenvalue weighted by Gasteiger charge is -2.16. The molecule has 18 heavy (non-hydrogen) atoms. The van der Waals surface area contributed by atoms with Crippen molar-refractivity contribution in [3.05, 3.63) is 29.3 Å². The maximum Gasteiger partial charge on any atom is 0.338 e. The molecule has 0 amide bonds. The van der Waals surface area contributed by atoms with Crippen molar-refractivity contribution in [2.75, 3.05) is 11.9 Å². The molecule has 0 aliphatic rings. The predicted molar refractivity (Wildman–Crippen MR) is 62.7 cm³/mol. The zero-order chi connectivity index (χ0) is 13.9. The molecule has 0 heterocycles. The summed E-state index contributed by atoms with van der Waals surface area (Å²) in [6, 6.07) is 2.11. The van der Waals surface area contributed by atoms with Gasteiger partial charge in [-0.2, -0.15) is 0 Å². The maximum absolute atomic E-state index is 13.5. The highest BCUT2D eigenvalue weighted by Crippen LogP contribution is 2.21. The lowest BCUT2D eigenvalue weighted by molar-refractivity contribution is 0.0690. The smallest absolute Gasteiger partial charge is 0.338 e. The fourth-order valence-corrected chi connectivity index (χ4v) is 1.30. The molecule has 0 saturated carbocycles. The monoisotopic (exact) mass is 259 g/mol. The van der Waals surface area contributed by atoms with Gasteiger partial charge in [0.1, 0.15) is 0 Å². The average Bonchev–Trinajstić information content (AvgIpc) is 2.30. The Hall–Kier alpha value is -1.69. The Balaban J connectivity index is 2.86. The van der Waals surface area contributed by atoms with Gasteiger partial charge in [-0.3, -0.25) is 0 Å². The van der Waals surface area contributed by atoms with Crippen LogP contribution in [-0.2, 0) is 0 Å². The Kier molecular flexibility index (Phi) is 4.61. The molecule has 1 unspecified atom stereocenters. The molecule has 0 spiro atoms. The number of aromatic carboxylic acids is 1. The van der Waals surface area contributed by atoms with Gasteiger partial charge in [-0.25, -0.2) is 13.6 Å². The van der Waals surface area contributed by atoms with Crippen LogP contribution in [0.25, 0.3) is 0 Å². The van der Waals surface area contributed by atoms with Gasteiger partial charge in [0.15, 0.2) is 11.6 Å². The third kappa shape index (κ3) is 3.16. The summed E-state index contributed by atoms with van der Waals surface area (Å²) < 4.78 is 26.8. The largest absolute Gasteiger partial charge is 0.478 e. The van der Waals surface area contributed by atoms with E-state index in [2.05, 4.69) is 5.32 Å². The van der Waals surface area contributed by atoms with E-state index in [1.54, 1.807) is 13.8 Å². The van der Waals surface area contributed by atoms with Crippen LogP contribution in [0.5, 0.6) is 0 Å². The highest BCUT2D eigenvalue weighted by atomic mass is 19.2. The molecule has 0 aliphatic heterocycles. The van der Waals surface area contributed by atoms with Gasteiger partial charge in [0.05, 0.1) is 17.4 Å². The molecule has 1 rings (SSSR count). The van der Waals surface area contributed by atoms with E-state index in [9.17, 15) is 18.7 Å². The first kappa shape index (κ1) is 14.4. The molecular weight excluding hydrogens is 244 g/mol. The minimum atomic E-state index is -1.53. The quantitative estimate of drug-likeness (QED) is 0.757. The Labute approximate surface area is 103 Å². The lowest BCUT2D eigenvalue weighted by Crippen LogP contribution is -2.25. The van der Waals surface area contributed by atoms with Crippen molar-refractivity contribution in [3.63, 3.8) is 0 Å². The van der Waals surface area contributed by atoms with Gasteiger partial charge in [0.2, 0.25) is 0 Å². The van der Waals surface area contributed by atoms with Gasteiger partial charge >= 0.3 is 5.97 Å². The maximum atomic E-state index is 13.5. The summed E-state index contributed by atoms with van der Waals surface area (Å²) in [5.74, 6) is -4.22.